The van der Waals surface area contributed by atoms with E-state index in [9.17, 15) is 9.59 Å². The van der Waals surface area contributed by atoms with Crippen LogP contribution in [0, 0.1) is 5.92 Å². The van der Waals surface area contributed by atoms with Gasteiger partial charge in [-0.15, -0.1) is 0 Å². The second-order valence-corrected chi connectivity index (χ2v) is 8.94. The minimum atomic E-state index is -0.894. The minimum absolute atomic E-state index is 0.260. The molecule has 2 heterocycles. The summed E-state index contributed by atoms with van der Waals surface area (Å²) in [6, 6.07) is 22.3. The molecule has 3 aromatic carbocycles. The maximum atomic E-state index is 13.7. The van der Waals surface area contributed by atoms with E-state index in [1.54, 1.807) is 12.2 Å². The van der Waals surface area contributed by atoms with Crippen LogP contribution in [0.2, 0.25) is 0 Å². The molecule has 0 saturated carbocycles. The molecule has 168 valence electrons. The Morgan fingerprint density at radius 3 is 2.30 bits per heavy atom. The summed E-state index contributed by atoms with van der Waals surface area (Å²) >= 11 is 3.55. The van der Waals surface area contributed by atoms with Gasteiger partial charge in [0.05, 0.1) is 29.0 Å². The number of anilines is 2. The van der Waals surface area contributed by atoms with Gasteiger partial charge in [-0.3, -0.25) is 14.4 Å². The van der Waals surface area contributed by atoms with Gasteiger partial charge >= 0.3 is 0 Å². The first kappa shape index (κ1) is 21.7. The van der Waals surface area contributed by atoms with Gasteiger partial charge in [0.25, 0.3) is 5.91 Å². The smallest absolute Gasteiger partial charge is 0.266 e. The van der Waals surface area contributed by atoms with Crippen molar-refractivity contribution in [3.8, 4) is 5.75 Å². The molecule has 2 amide bonds. The lowest BCUT2D eigenvalue weighted by atomic mass is 9.90. The zero-order valence-corrected chi connectivity index (χ0v) is 19.9. The minimum Gasteiger partial charge on any atom is -0.496 e. The van der Waals surface area contributed by atoms with E-state index in [1.165, 1.54) is 4.90 Å². The molecule has 0 N–H and O–H groups in total. The highest BCUT2D eigenvalue weighted by molar-refractivity contribution is 9.10. The highest BCUT2D eigenvalue weighted by Crippen LogP contribution is 2.48. The Hall–Kier alpha value is -3.16. The summed E-state index contributed by atoms with van der Waals surface area (Å²) in [7, 11) is 1.60. The number of rotatable bonds is 5. The SMILES string of the molecule is CCc1ccc(N2C(=O)[C@@H]3[C@H](ON(c4ccccc4)[C@H]3c3ccc(OC)c(Br)c3)C2=O)cc1. The molecule has 3 atom stereocenters. The fourth-order valence-corrected chi connectivity index (χ4v) is 5.11. The molecule has 0 aliphatic carbocycles. The summed E-state index contributed by atoms with van der Waals surface area (Å²) in [4.78, 5) is 34.5. The van der Waals surface area contributed by atoms with E-state index in [1.807, 2.05) is 72.8 Å². The number of halogens is 1. The topological polar surface area (TPSA) is 59.1 Å². The van der Waals surface area contributed by atoms with Crippen LogP contribution < -0.4 is 14.7 Å². The molecule has 6 nitrogen and oxygen atoms in total. The van der Waals surface area contributed by atoms with Crippen molar-refractivity contribution in [1.29, 1.82) is 0 Å². The van der Waals surface area contributed by atoms with E-state index in [0.717, 1.165) is 27.7 Å². The van der Waals surface area contributed by atoms with Crippen LogP contribution >= 0.6 is 15.9 Å². The van der Waals surface area contributed by atoms with Crippen molar-refractivity contribution in [2.75, 3.05) is 17.1 Å². The van der Waals surface area contributed by atoms with Gasteiger partial charge in [-0.1, -0.05) is 43.3 Å². The summed E-state index contributed by atoms with van der Waals surface area (Å²) < 4.78 is 6.14. The third-order valence-electron chi connectivity index (χ3n) is 6.25. The maximum Gasteiger partial charge on any atom is 0.266 e. The third kappa shape index (κ3) is 3.61. The van der Waals surface area contributed by atoms with Crippen LogP contribution in [-0.2, 0) is 20.8 Å². The largest absolute Gasteiger partial charge is 0.496 e. The average Bonchev–Trinajstić information content (AvgIpc) is 3.35. The molecule has 5 rings (SSSR count). The van der Waals surface area contributed by atoms with Crippen LogP contribution in [0.25, 0.3) is 0 Å². The summed E-state index contributed by atoms with van der Waals surface area (Å²) in [5.41, 5.74) is 3.35. The molecule has 33 heavy (non-hydrogen) atoms. The maximum absolute atomic E-state index is 13.7. The number of imide groups is 1. The first-order valence-corrected chi connectivity index (χ1v) is 11.6. The molecule has 2 aliphatic heterocycles. The van der Waals surface area contributed by atoms with Gasteiger partial charge in [0.2, 0.25) is 5.91 Å². The molecule has 0 unspecified atom stereocenters. The quantitative estimate of drug-likeness (QED) is 0.452. The Balaban J connectivity index is 1.57. The number of hydrogen-bond acceptors (Lipinski definition) is 5. The molecule has 0 spiro atoms. The molecule has 2 saturated heterocycles. The Bertz CT molecular complexity index is 1200. The molecular weight excluding hydrogens is 484 g/mol. The zero-order valence-electron chi connectivity index (χ0n) is 18.3. The second kappa shape index (κ2) is 8.65. The molecule has 2 fully saturated rings. The Kier molecular flexibility index (Phi) is 5.68. The predicted octanol–water partition coefficient (Wildman–Crippen LogP) is 5.07. The first-order chi connectivity index (χ1) is 16.0. The fraction of sp³-hybridized carbons (Fsp3) is 0.231. The van der Waals surface area contributed by atoms with Gasteiger partial charge in [0.15, 0.2) is 6.10 Å². The van der Waals surface area contributed by atoms with Crippen molar-refractivity contribution in [2.45, 2.75) is 25.5 Å². The number of hydroxylamine groups is 1. The normalized spacial score (nSPS) is 22.1. The summed E-state index contributed by atoms with van der Waals surface area (Å²) in [5, 5.41) is 1.69. The van der Waals surface area contributed by atoms with E-state index in [2.05, 4.69) is 22.9 Å². The van der Waals surface area contributed by atoms with Crippen molar-refractivity contribution in [3.63, 3.8) is 0 Å². The first-order valence-electron chi connectivity index (χ1n) is 10.8. The standard InChI is InChI=1S/C26H23BrN2O4/c1-3-16-9-12-18(13-10-16)28-25(30)22-23(17-11-14-21(32-2)20(27)15-17)29(33-24(22)26(28)31)19-7-5-4-6-8-19/h4-15,22-24H,3H2,1-2H3/t22-,23-,24-/m0/s1. The Morgan fingerprint density at radius 1 is 0.939 bits per heavy atom. The Morgan fingerprint density at radius 2 is 1.67 bits per heavy atom. The summed E-state index contributed by atoms with van der Waals surface area (Å²) in [6.45, 7) is 2.06. The lowest BCUT2D eigenvalue weighted by Gasteiger charge is -2.29. The van der Waals surface area contributed by atoms with Crippen molar-refractivity contribution in [3.05, 3.63) is 88.4 Å². The third-order valence-corrected chi connectivity index (χ3v) is 6.87. The Labute approximate surface area is 200 Å². The van der Waals surface area contributed by atoms with Gasteiger partial charge in [0, 0.05) is 0 Å². The number of benzene rings is 3. The number of para-hydroxylation sites is 1. The molecule has 0 bridgehead atoms. The number of carbonyl (C=O) groups is 2. The summed E-state index contributed by atoms with van der Waals surface area (Å²) in [5.74, 6) is -0.592. The van der Waals surface area contributed by atoms with E-state index in [-0.39, 0.29) is 11.8 Å². The van der Waals surface area contributed by atoms with Crippen molar-refractivity contribution >= 4 is 39.1 Å². The van der Waals surface area contributed by atoms with E-state index in [0.29, 0.717) is 11.4 Å². The van der Waals surface area contributed by atoms with Crippen LogP contribution in [0.3, 0.4) is 0 Å². The molecule has 7 heteroatoms. The average molecular weight is 507 g/mol. The number of ether oxygens (including phenoxy) is 1. The number of aryl methyl sites for hydroxylation is 1. The number of hydrogen-bond donors (Lipinski definition) is 0. The van der Waals surface area contributed by atoms with Crippen molar-refractivity contribution in [1.82, 2.24) is 0 Å². The van der Waals surface area contributed by atoms with E-state index < -0.39 is 18.1 Å². The monoisotopic (exact) mass is 506 g/mol. The number of methoxy groups -OCH3 is 1. The molecule has 3 aromatic rings. The van der Waals surface area contributed by atoms with E-state index >= 15 is 0 Å². The van der Waals surface area contributed by atoms with Crippen LogP contribution in [-0.4, -0.2) is 25.0 Å². The van der Waals surface area contributed by atoms with Crippen LogP contribution in [0.4, 0.5) is 11.4 Å². The number of nitrogens with zero attached hydrogens (tertiary/aromatic N) is 2. The van der Waals surface area contributed by atoms with Crippen LogP contribution in [0.1, 0.15) is 24.1 Å². The van der Waals surface area contributed by atoms with E-state index in [4.69, 9.17) is 9.57 Å². The van der Waals surface area contributed by atoms with Gasteiger partial charge < -0.3 is 4.74 Å². The molecular formula is C26H23BrN2O4. The highest BCUT2D eigenvalue weighted by atomic mass is 79.9. The van der Waals surface area contributed by atoms with Gasteiger partial charge in [0.1, 0.15) is 11.7 Å². The molecule has 0 aromatic heterocycles. The van der Waals surface area contributed by atoms with Crippen molar-refractivity contribution in [2.24, 2.45) is 5.92 Å². The molecule has 0 radical (unpaired) electrons. The van der Waals surface area contributed by atoms with Gasteiger partial charge in [-0.2, -0.15) is 0 Å². The van der Waals surface area contributed by atoms with Gasteiger partial charge in [-0.05, 0) is 69.9 Å². The fourth-order valence-electron chi connectivity index (χ4n) is 4.55. The van der Waals surface area contributed by atoms with Crippen LogP contribution in [0.5, 0.6) is 5.75 Å². The second-order valence-electron chi connectivity index (χ2n) is 8.08. The number of fused-ring (bicyclic) bond motifs is 1. The lowest BCUT2D eigenvalue weighted by molar-refractivity contribution is -0.126. The number of carbonyl (C=O) groups excluding carboxylic acids is 2. The zero-order chi connectivity index (χ0) is 23.1. The highest BCUT2D eigenvalue weighted by Gasteiger charge is 2.60. The molecule has 2 aliphatic rings. The predicted molar refractivity (Wildman–Crippen MR) is 129 cm³/mol. The van der Waals surface area contributed by atoms with Crippen molar-refractivity contribution < 1.29 is 19.2 Å². The number of amides is 2. The van der Waals surface area contributed by atoms with Crippen LogP contribution in [0.15, 0.2) is 77.3 Å². The lowest BCUT2D eigenvalue weighted by Crippen LogP contribution is -2.37. The van der Waals surface area contributed by atoms with Gasteiger partial charge in [-0.25, -0.2) is 9.96 Å². The summed E-state index contributed by atoms with van der Waals surface area (Å²) in [6.07, 6.45) is -0.00814.